The lowest BCUT2D eigenvalue weighted by Crippen LogP contribution is -2.34. The Hall–Kier alpha value is -1.13. The van der Waals surface area contributed by atoms with Gasteiger partial charge >= 0.3 is 0 Å². The second-order valence-electron chi connectivity index (χ2n) is 4.32. The predicted molar refractivity (Wildman–Crippen MR) is 61.8 cm³/mol. The Bertz CT molecular complexity index is 426. The van der Waals surface area contributed by atoms with E-state index in [2.05, 4.69) is 10.4 Å². The molecule has 0 unspecified atom stereocenters. The molecule has 2 aromatic rings. The Kier molecular flexibility index (Phi) is 2.63. The summed E-state index contributed by atoms with van der Waals surface area (Å²) >= 11 is 1.62. The van der Waals surface area contributed by atoms with E-state index in [1.807, 2.05) is 19.9 Å². The molecule has 0 atom stereocenters. The minimum absolute atomic E-state index is 0.207. The normalized spacial score (nSPS) is 11.9. The third kappa shape index (κ3) is 2.67. The summed E-state index contributed by atoms with van der Waals surface area (Å²) in [5.41, 5.74) is 7.81. The topological polar surface area (TPSA) is 52.0 Å². The summed E-state index contributed by atoms with van der Waals surface area (Å²) in [6, 6.07) is 1.91. The maximum atomic E-state index is 5.94. The molecule has 15 heavy (non-hydrogen) atoms. The van der Waals surface area contributed by atoms with Crippen LogP contribution in [0.25, 0.3) is 10.6 Å². The molecular formula is C11H14N2OS. The van der Waals surface area contributed by atoms with E-state index in [1.54, 1.807) is 23.9 Å². The van der Waals surface area contributed by atoms with Gasteiger partial charge in [0.2, 0.25) is 0 Å². The zero-order valence-electron chi connectivity index (χ0n) is 8.86. The molecule has 3 nitrogen and oxygen atoms in total. The minimum Gasteiger partial charge on any atom is -0.472 e. The zero-order valence-corrected chi connectivity index (χ0v) is 9.67. The van der Waals surface area contributed by atoms with Crippen LogP contribution >= 0.6 is 11.3 Å². The van der Waals surface area contributed by atoms with E-state index < -0.39 is 0 Å². The number of thiazole rings is 1. The lowest BCUT2D eigenvalue weighted by atomic mass is 10.0. The summed E-state index contributed by atoms with van der Waals surface area (Å²) in [5.74, 6) is 0. The summed E-state index contributed by atoms with van der Waals surface area (Å²) < 4.78 is 5.02. The average molecular weight is 222 g/mol. The summed E-state index contributed by atoms with van der Waals surface area (Å²) in [4.78, 5) is 4.52. The molecule has 4 heteroatoms. The molecule has 0 aliphatic carbocycles. The number of furan rings is 1. The molecule has 80 valence electrons. The lowest BCUT2D eigenvalue weighted by molar-refractivity contribution is 0.511. The van der Waals surface area contributed by atoms with Crippen LogP contribution in [0.5, 0.6) is 0 Å². The Balaban J connectivity index is 2.18. The third-order valence-electron chi connectivity index (χ3n) is 1.96. The van der Waals surface area contributed by atoms with Gasteiger partial charge in [0, 0.05) is 22.9 Å². The standard InChI is InChI=1S/C11H14N2OS/c1-11(2,12)5-9-7-15-10(13-9)8-3-4-14-6-8/h3-4,6-7H,5,12H2,1-2H3. The first-order valence-corrected chi connectivity index (χ1v) is 5.68. The lowest BCUT2D eigenvalue weighted by Gasteiger charge is -2.15. The molecule has 0 saturated heterocycles. The predicted octanol–water partition coefficient (Wildman–Crippen LogP) is 2.68. The highest BCUT2D eigenvalue weighted by atomic mass is 32.1. The first-order chi connectivity index (χ1) is 7.04. The number of hydrogen-bond acceptors (Lipinski definition) is 4. The molecule has 0 saturated carbocycles. The van der Waals surface area contributed by atoms with Crippen molar-refractivity contribution in [3.8, 4) is 10.6 Å². The molecule has 0 fully saturated rings. The van der Waals surface area contributed by atoms with E-state index in [0.717, 1.165) is 22.7 Å². The summed E-state index contributed by atoms with van der Waals surface area (Å²) in [7, 11) is 0. The summed E-state index contributed by atoms with van der Waals surface area (Å²) in [6.45, 7) is 4.01. The molecule has 0 aromatic carbocycles. The van der Waals surface area contributed by atoms with E-state index in [1.165, 1.54) is 0 Å². The van der Waals surface area contributed by atoms with Crippen molar-refractivity contribution in [3.05, 3.63) is 29.7 Å². The molecule has 0 spiro atoms. The highest BCUT2D eigenvalue weighted by molar-refractivity contribution is 7.13. The highest BCUT2D eigenvalue weighted by Crippen LogP contribution is 2.25. The van der Waals surface area contributed by atoms with Crippen molar-refractivity contribution in [1.82, 2.24) is 4.98 Å². The number of hydrogen-bond donors (Lipinski definition) is 1. The molecule has 0 amide bonds. The first kappa shape index (κ1) is 10.4. The van der Waals surface area contributed by atoms with Gasteiger partial charge in [-0.3, -0.25) is 0 Å². The zero-order chi connectivity index (χ0) is 10.9. The van der Waals surface area contributed by atoms with Gasteiger partial charge in [-0.15, -0.1) is 11.3 Å². The monoisotopic (exact) mass is 222 g/mol. The maximum Gasteiger partial charge on any atom is 0.126 e. The van der Waals surface area contributed by atoms with Crippen LogP contribution < -0.4 is 5.73 Å². The van der Waals surface area contributed by atoms with Crippen LogP contribution in [0, 0.1) is 0 Å². The van der Waals surface area contributed by atoms with Crippen LogP contribution in [-0.2, 0) is 6.42 Å². The molecule has 0 bridgehead atoms. The quantitative estimate of drug-likeness (QED) is 0.868. The summed E-state index contributed by atoms with van der Waals surface area (Å²) in [6.07, 6.45) is 4.15. The van der Waals surface area contributed by atoms with Gasteiger partial charge in [-0.1, -0.05) is 0 Å². The van der Waals surface area contributed by atoms with E-state index in [0.29, 0.717) is 0 Å². The van der Waals surface area contributed by atoms with Crippen molar-refractivity contribution in [2.24, 2.45) is 5.73 Å². The largest absolute Gasteiger partial charge is 0.472 e. The van der Waals surface area contributed by atoms with Crippen LogP contribution in [-0.4, -0.2) is 10.5 Å². The van der Waals surface area contributed by atoms with E-state index >= 15 is 0 Å². The third-order valence-corrected chi connectivity index (χ3v) is 2.90. The first-order valence-electron chi connectivity index (χ1n) is 4.80. The van der Waals surface area contributed by atoms with Crippen LogP contribution in [0.4, 0.5) is 0 Å². The fourth-order valence-electron chi connectivity index (χ4n) is 1.37. The maximum absolute atomic E-state index is 5.94. The van der Waals surface area contributed by atoms with Gasteiger partial charge in [0.15, 0.2) is 0 Å². The number of rotatable bonds is 3. The molecule has 2 heterocycles. The van der Waals surface area contributed by atoms with Crippen molar-refractivity contribution in [1.29, 1.82) is 0 Å². The second-order valence-corrected chi connectivity index (χ2v) is 5.18. The Morgan fingerprint density at radius 3 is 2.93 bits per heavy atom. The van der Waals surface area contributed by atoms with Gasteiger partial charge in [-0.25, -0.2) is 4.98 Å². The molecule has 0 aliphatic heterocycles. The minimum atomic E-state index is -0.207. The molecule has 0 aliphatic rings. The van der Waals surface area contributed by atoms with Crippen LogP contribution in [0.1, 0.15) is 19.5 Å². The SMILES string of the molecule is CC(C)(N)Cc1csc(-c2ccoc2)n1. The van der Waals surface area contributed by atoms with Crippen LogP contribution in [0.15, 0.2) is 28.4 Å². The van der Waals surface area contributed by atoms with Crippen molar-refractivity contribution in [3.63, 3.8) is 0 Å². The second kappa shape index (κ2) is 3.79. The molecule has 2 aromatic heterocycles. The van der Waals surface area contributed by atoms with Crippen molar-refractivity contribution < 1.29 is 4.42 Å². The molecule has 2 N–H and O–H groups in total. The van der Waals surface area contributed by atoms with Gasteiger partial charge < -0.3 is 10.2 Å². The number of aromatic nitrogens is 1. The van der Waals surface area contributed by atoms with Gasteiger partial charge in [0.1, 0.15) is 11.3 Å². The van der Waals surface area contributed by atoms with E-state index in [-0.39, 0.29) is 5.54 Å². The molecule has 2 rings (SSSR count). The fourth-order valence-corrected chi connectivity index (χ4v) is 2.18. The fraction of sp³-hybridized carbons (Fsp3) is 0.364. The Labute approximate surface area is 92.9 Å². The van der Waals surface area contributed by atoms with Crippen molar-refractivity contribution in [2.45, 2.75) is 25.8 Å². The van der Waals surface area contributed by atoms with Crippen molar-refractivity contribution in [2.75, 3.05) is 0 Å². The number of nitrogens with zero attached hydrogens (tertiary/aromatic N) is 1. The molecule has 0 radical (unpaired) electrons. The van der Waals surface area contributed by atoms with Crippen molar-refractivity contribution >= 4 is 11.3 Å². The highest BCUT2D eigenvalue weighted by Gasteiger charge is 2.14. The van der Waals surface area contributed by atoms with E-state index in [9.17, 15) is 0 Å². The summed E-state index contributed by atoms with van der Waals surface area (Å²) in [5, 5.41) is 3.04. The van der Waals surface area contributed by atoms with Crippen LogP contribution in [0.3, 0.4) is 0 Å². The van der Waals surface area contributed by atoms with Crippen LogP contribution in [0.2, 0.25) is 0 Å². The van der Waals surface area contributed by atoms with Gasteiger partial charge in [-0.2, -0.15) is 0 Å². The smallest absolute Gasteiger partial charge is 0.126 e. The Morgan fingerprint density at radius 1 is 1.53 bits per heavy atom. The molecular weight excluding hydrogens is 208 g/mol. The van der Waals surface area contributed by atoms with Gasteiger partial charge in [0.05, 0.1) is 12.0 Å². The van der Waals surface area contributed by atoms with Gasteiger partial charge in [-0.05, 0) is 19.9 Å². The average Bonchev–Trinajstić information content (AvgIpc) is 2.68. The number of nitrogens with two attached hydrogens (primary N) is 1. The Morgan fingerprint density at radius 2 is 2.33 bits per heavy atom. The van der Waals surface area contributed by atoms with E-state index in [4.69, 9.17) is 10.2 Å². The van der Waals surface area contributed by atoms with Gasteiger partial charge in [0.25, 0.3) is 0 Å².